The molecule has 2 rings (SSSR count). The molecule has 0 bridgehead atoms. The first-order chi connectivity index (χ1) is 6.77. The highest BCUT2D eigenvalue weighted by atomic mass is 16.4. The fourth-order valence-electron chi connectivity index (χ4n) is 1.37. The topological polar surface area (TPSA) is 78.6 Å². The van der Waals surface area contributed by atoms with Crippen LogP contribution in [-0.2, 0) is 0 Å². The van der Waals surface area contributed by atoms with Gasteiger partial charge in [0.25, 0.3) is 6.01 Å². The summed E-state index contributed by atoms with van der Waals surface area (Å²) in [6, 6.07) is 0.393. The molecule has 0 aromatic carbocycles. The Balaban J connectivity index is 2.11. The molecule has 2 heterocycles. The van der Waals surface area contributed by atoms with Crippen molar-refractivity contribution in [2.24, 2.45) is 0 Å². The van der Waals surface area contributed by atoms with E-state index in [1.807, 2.05) is 4.90 Å². The number of rotatable bonds is 2. The van der Waals surface area contributed by atoms with Crippen molar-refractivity contribution >= 4 is 12.0 Å². The fraction of sp³-hybridized carbons (Fsp3) is 0.500. The van der Waals surface area contributed by atoms with Crippen molar-refractivity contribution in [1.29, 1.82) is 0 Å². The number of nitrogens with zero attached hydrogens (tertiary/aromatic N) is 2. The van der Waals surface area contributed by atoms with E-state index in [0.717, 1.165) is 26.2 Å². The number of nitrogens with one attached hydrogen (secondary N) is 1. The van der Waals surface area contributed by atoms with Gasteiger partial charge in [-0.25, -0.2) is 9.78 Å². The minimum absolute atomic E-state index is 0.112. The molecule has 0 unspecified atom stereocenters. The zero-order valence-corrected chi connectivity index (χ0v) is 7.56. The summed E-state index contributed by atoms with van der Waals surface area (Å²) in [6.07, 6.45) is 1.24. The zero-order chi connectivity index (χ0) is 9.97. The van der Waals surface area contributed by atoms with Gasteiger partial charge in [-0.1, -0.05) is 0 Å². The first-order valence-electron chi connectivity index (χ1n) is 4.42. The second-order valence-corrected chi connectivity index (χ2v) is 3.05. The molecular weight excluding hydrogens is 186 g/mol. The number of hydrogen-bond acceptors (Lipinski definition) is 5. The van der Waals surface area contributed by atoms with Gasteiger partial charge in [0.15, 0.2) is 0 Å². The molecule has 1 fully saturated rings. The number of aromatic nitrogens is 1. The van der Waals surface area contributed by atoms with Crippen molar-refractivity contribution in [3.8, 4) is 0 Å². The average Bonchev–Trinajstić information content (AvgIpc) is 2.68. The quantitative estimate of drug-likeness (QED) is 0.682. The normalized spacial score (nSPS) is 17.0. The highest BCUT2D eigenvalue weighted by Gasteiger charge is 2.17. The Labute approximate surface area is 80.5 Å². The number of oxazole rings is 1. The predicted molar refractivity (Wildman–Crippen MR) is 48.5 cm³/mol. The van der Waals surface area contributed by atoms with Crippen molar-refractivity contribution in [2.75, 3.05) is 31.1 Å². The molecule has 2 N–H and O–H groups in total. The van der Waals surface area contributed by atoms with Gasteiger partial charge in [-0.3, -0.25) is 0 Å². The van der Waals surface area contributed by atoms with E-state index < -0.39 is 5.97 Å². The Morgan fingerprint density at radius 2 is 2.29 bits per heavy atom. The third-order valence-corrected chi connectivity index (χ3v) is 2.09. The Morgan fingerprint density at radius 1 is 1.57 bits per heavy atom. The number of carboxylic acids is 1. The molecule has 0 aliphatic carbocycles. The average molecular weight is 197 g/mol. The first kappa shape index (κ1) is 9.01. The third-order valence-electron chi connectivity index (χ3n) is 2.09. The Morgan fingerprint density at radius 3 is 2.86 bits per heavy atom. The summed E-state index contributed by atoms with van der Waals surface area (Å²) in [7, 11) is 0. The van der Waals surface area contributed by atoms with Gasteiger partial charge in [-0.2, -0.15) is 0 Å². The Hall–Kier alpha value is -1.56. The van der Waals surface area contributed by atoms with Gasteiger partial charge in [0, 0.05) is 26.2 Å². The van der Waals surface area contributed by atoms with E-state index in [9.17, 15) is 4.79 Å². The molecular formula is C8H11N3O3. The van der Waals surface area contributed by atoms with Crippen LogP contribution in [0, 0.1) is 0 Å². The number of piperazine rings is 1. The van der Waals surface area contributed by atoms with E-state index in [1.165, 1.54) is 6.20 Å². The van der Waals surface area contributed by atoms with E-state index >= 15 is 0 Å². The maximum atomic E-state index is 10.5. The predicted octanol–water partition coefficient (Wildman–Crippen LogP) is -0.218. The van der Waals surface area contributed by atoms with Crippen LogP contribution in [0.4, 0.5) is 6.01 Å². The van der Waals surface area contributed by atoms with Crippen LogP contribution in [0.3, 0.4) is 0 Å². The van der Waals surface area contributed by atoms with E-state index in [4.69, 9.17) is 9.52 Å². The van der Waals surface area contributed by atoms with Gasteiger partial charge in [0.2, 0.25) is 5.76 Å². The maximum Gasteiger partial charge on any atom is 0.373 e. The second kappa shape index (κ2) is 3.67. The highest BCUT2D eigenvalue weighted by Crippen LogP contribution is 2.14. The molecule has 0 amide bonds. The number of hydrogen-bond donors (Lipinski definition) is 2. The summed E-state index contributed by atoms with van der Waals surface area (Å²) in [5.41, 5.74) is 0. The van der Waals surface area contributed by atoms with Crippen molar-refractivity contribution in [3.63, 3.8) is 0 Å². The fourth-order valence-corrected chi connectivity index (χ4v) is 1.37. The van der Waals surface area contributed by atoms with Gasteiger partial charge < -0.3 is 19.7 Å². The van der Waals surface area contributed by atoms with E-state index in [0.29, 0.717) is 6.01 Å². The molecule has 76 valence electrons. The summed E-state index contributed by atoms with van der Waals surface area (Å²) in [4.78, 5) is 16.4. The Bertz CT molecular complexity index is 330. The molecule has 1 aliphatic rings. The van der Waals surface area contributed by atoms with Gasteiger partial charge in [-0.15, -0.1) is 0 Å². The van der Waals surface area contributed by atoms with Crippen LogP contribution in [0.25, 0.3) is 0 Å². The van der Waals surface area contributed by atoms with Crippen LogP contribution < -0.4 is 10.2 Å². The largest absolute Gasteiger partial charge is 0.475 e. The van der Waals surface area contributed by atoms with Crippen LogP contribution >= 0.6 is 0 Å². The lowest BCUT2D eigenvalue weighted by Crippen LogP contribution is -2.43. The van der Waals surface area contributed by atoms with Crippen LogP contribution in [0.5, 0.6) is 0 Å². The Kier molecular flexibility index (Phi) is 2.36. The maximum absolute atomic E-state index is 10.5. The first-order valence-corrected chi connectivity index (χ1v) is 4.42. The second-order valence-electron chi connectivity index (χ2n) is 3.05. The smallest absolute Gasteiger partial charge is 0.373 e. The lowest BCUT2D eigenvalue weighted by molar-refractivity contribution is 0.0663. The SMILES string of the molecule is O=C(O)c1cnc(N2CCNCC2)o1. The summed E-state index contributed by atoms with van der Waals surface area (Å²) in [5, 5.41) is 11.8. The molecule has 1 aromatic heterocycles. The van der Waals surface area contributed by atoms with Crippen molar-refractivity contribution in [3.05, 3.63) is 12.0 Å². The lowest BCUT2D eigenvalue weighted by atomic mass is 10.4. The summed E-state index contributed by atoms with van der Waals surface area (Å²) in [6.45, 7) is 3.31. The molecule has 0 spiro atoms. The van der Waals surface area contributed by atoms with Gasteiger partial charge in [0.1, 0.15) is 0 Å². The van der Waals surface area contributed by atoms with Crippen molar-refractivity contribution < 1.29 is 14.3 Å². The van der Waals surface area contributed by atoms with Gasteiger partial charge >= 0.3 is 5.97 Å². The molecule has 14 heavy (non-hydrogen) atoms. The minimum Gasteiger partial charge on any atom is -0.475 e. The number of aromatic carboxylic acids is 1. The van der Waals surface area contributed by atoms with E-state index in [2.05, 4.69) is 10.3 Å². The van der Waals surface area contributed by atoms with Crippen LogP contribution in [0.1, 0.15) is 10.6 Å². The van der Waals surface area contributed by atoms with Gasteiger partial charge in [0.05, 0.1) is 6.20 Å². The number of carboxylic acid groups (broad SMARTS) is 1. The van der Waals surface area contributed by atoms with Gasteiger partial charge in [-0.05, 0) is 0 Å². The van der Waals surface area contributed by atoms with Crippen molar-refractivity contribution in [2.45, 2.75) is 0 Å². The van der Waals surface area contributed by atoms with Crippen molar-refractivity contribution in [1.82, 2.24) is 10.3 Å². The number of anilines is 1. The molecule has 6 nitrogen and oxygen atoms in total. The molecule has 6 heteroatoms. The molecule has 0 atom stereocenters. The summed E-state index contributed by atoms with van der Waals surface area (Å²) in [5.74, 6) is -1.20. The van der Waals surface area contributed by atoms with Crippen LogP contribution in [0.15, 0.2) is 10.6 Å². The minimum atomic E-state index is -1.08. The summed E-state index contributed by atoms with van der Waals surface area (Å²) >= 11 is 0. The number of carbonyl (C=O) groups is 1. The molecule has 1 aliphatic heterocycles. The van der Waals surface area contributed by atoms with Crippen LogP contribution in [0.2, 0.25) is 0 Å². The molecule has 0 saturated carbocycles. The van der Waals surface area contributed by atoms with Crippen LogP contribution in [-0.4, -0.2) is 42.2 Å². The lowest BCUT2D eigenvalue weighted by Gasteiger charge is -2.25. The standard InChI is InChI=1S/C8H11N3O3/c12-7(13)6-5-10-8(14-6)11-3-1-9-2-4-11/h5,9H,1-4H2,(H,12,13). The van der Waals surface area contributed by atoms with E-state index in [1.54, 1.807) is 0 Å². The zero-order valence-electron chi connectivity index (χ0n) is 7.56. The molecule has 0 radical (unpaired) electrons. The molecule has 1 saturated heterocycles. The van der Waals surface area contributed by atoms with E-state index in [-0.39, 0.29) is 5.76 Å². The monoisotopic (exact) mass is 197 g/mol. The molecule has 1 aromatic rings. The highest BCUT2D eigenvalue weighted by molar-refractivity contribution is 5.84. The third kappa shape index (κ3) is 1.69. The summed E-state index contributed by atoms with van der Waals surface area (Å²) < 4.78 is 5.07.